The third-order valence-corrected chi connectivity index (χ3v) is 2.32. The molecule has 0 atom stereocenters. The van der Waals surface area contributed by atoms with Crippen LogP contribution in [0.1, 0.15) is 23.2 Å². The van der Waals surface area contributed by atoms with E-state index >= 15 is 0 Å². The van der Waals surface area contributed by atoms with E-state index in [-0.39, 0.29) is 22.4 Å². The highest BCUT2D eigenvalue weighted by Crippen LogP contribution is 2.33. The van der Waals surface area contributed by atoms with Crippen molar-refractivity contribution in [3.05, 3.63) is 28.8 Å². The molecule has 0 aliphatic heterocycles. The topological polar surface area (TPSA) is 30.0 Å². The fourth-order valence-electron chi connectivity index (χ4n) is 1.17. The van der Waals surface area contributed by atoms with Crippen molar-refractivity contribution in [3.63, 3.8) is 0 Å². The monoisotopic (exact) mass is 199 g/mol. The van der Waals surface area contributed by atoms with E-state index in [1.54, 1.807) is 0 Å². The number of Topliss-reactive ketones (excluding diaryl/α,β-unsaturated/α-hetero) is 1. The van der Waals surface area contributed by atoms with Gasteiger partial charge in [0.2, 0.25) is 0 Å². The van der Waals surface area contributed by atoms with Crippen LogP contribution in [0.2, 0.25) is 5.15 Å². The standard InChI is InChI=1S/C9H7ClFNO/c10-9-7(11)6(3-4-12-9)8(13)5-1-2-5/h3-5H,1-2H2. The summed E-state index contributed by atoms with van der Waals surface area (Å²) in [6, 6.07) is 1.38. The number of carbonyl (C=O) groups is 1. The second-order valence-corrected chi connectivity index (χ2v) is 3.46. The highest BCUT2D eigenvalue weighted by Gasteiger charge is 2.32. The van der Waals surface area contributed by atoms with Crippen LogP contribution in [0.4, 0.5) is 4.39 Å². The lowest BCUT2D eigenvalue weighted by Gasteiger charge is -2.00. The number of aromatic nitrogens is 1. The largest absolute Gasteiger partial charge is 0.294 e. The predicted octanol–water partition coefficient (Wildman–Crippen LogP) is 2.47. The zero-order valence-corrected chi connectivity index (χ0v) is 7.51. The Morgan fingerprint density at radius 2 is 2.31 bits per heavy atom. The van der Waals surface area contributed by atoms with E-state index in [2.05, 4.69) is 4.98 Å². The summed E-state index contributed by atoms with van der Waals surface area (Å²) in [6.45, 7) is 0. The lowest BCUT2D eigenvalue weighted by atomic mass is 10.1. The third kappa shape index (κ3) is 1.56. The molecule has 0 saturated heterocycles. The molecule has 0 N–H and O–H groups in total. The minimum Gasteiger partial charge on any atom is -0.294 e. The Bertz CT molecular complexity index is 363. The zero-order valence-electron chi connectivity index (χ0n) is 6.76. The Hall–Kier alpha value is -0.960. The van der Waals surface area contributed by atoms with Gasteiger partial charge in [0.1, 0.15) is 0 Å². The average molecular weight is 200 g/mol. The number of halogens is 2. The van der Waals surface area contributed by atoms with Crippen LogP contribution in [0.25, 0.3) is 0 Å². The van der Waals surface area contributed by atoms with E-state index in [1.807, 2.05) is 0 Å². The number of ketones is 1. The van der Waals surface area contributed by atoms with E-state index in [4.69, 9.17) is 11.6 Å². The molecule has 1 saturated carbocycles. The maximum absolute atomic E-state index is 13.2. The molecule has 0 radical (unpaired) electrons. The van der Waals surface area contributed by atoms with Crippen LogP contribution in [0, 0.1) is 11.7 Å². The second-order valence-electron chi connectivity index (χ2n) is 3.10. The number of rotatable bonds is 2. The van der Waals surface area contributed by atoms with Crippen molar-refractivity contribution in [3.8, 4) is 0 Å². The van der Waals surface area contributed by atoms with Crippen molar-refractivity contribution in [2.75, 3.05) is 0 Å². The average Bonchev–Trinajstić information content (AvgIpc) is 2.91. The summed E-state index contributed by atoms with van der Waals surface area (Å²) in [5.41, 5.74) is 0.0718. The van der Waals surface area contributed by atoms with Gasteiger partial charge < -0.3 is 0 Å². The van der Waals surface area contributed by atoms with Crippen molar-refractivity contribution < 1.29 is 9.18 Å². The molecule has 4 heteroatoms. The molecule has 1 fully saturated rings. The van der Waals surface area contributed by atoms with Gasteiger partial charge >= 0.3 is 0 Å². The molecule has 13 heavy (non-hydrogen) atoms. The van der Waals surface area contributed by atoms with Crippen molar-refractivity contribution in [1.82, 2.24) is 4.98 Å². The van der Waals surface area contributed by atoms with Crippen LogP contribution in [0.5, 0.6) is 0 Å². The molecular weight excluding hydrogens is 193 g/mol. The summed E-state index contributed by atoms with van der Waals surface area (Å²) in [7, 11) is 0. The van der Waals surface area contributed by atoms with Crippen molar-refractivity contribution in [2.45, 2.75) is 12.8 Å². The molecule has 1 aliphatic rings. The molecule has 0 spiro atoms. The Labute approximate surface area is 79.7 Å². The van der Waals surface area contributed by atoms with Gasteiger partial charge in [-0.1, -0.05) is 11.6 Å². The molecular formula is C9H7ClFNO. The van der Waals surface area contributed by atoms with E-state index in [9.17, 15) is 9.18 Å². The van der Waals surface area contributed by atoms with Crippen LogP contribution < -0.4 is 0 Å². The van der Waals surface area contributed by atoms with Gasteiger partial charge in [-0.2, -0.15) is 0 Å². The molecule has 0 unspecified atom stereocenters. The summed E-state index contributed by atoms with van der Waals surface area (Å²) < 4.78 is 13.2. The maximum Gasteiger partial charge on any atom is 0.171 e. The first kappa shape index (κ1) is 8.63. The molecule has 1 aromatic heterocycles. The summed E-state index contributed by atoms with van der Waals surface area (Å²) in [5.74, 6) is -0.837. The molecule has 0 amide bonds. The SMILES string of the molecule is O=C(c1ccnc(Cl)c1F)C1CC1. The molecule has 68 valence electrons. The third-order valence-electron chi connectivity index (χ3n) is 2.06. The summed E-state index contributed by atoms with van der Waals surface area (Å²) in [6.07, 6.45) is 3.07. The molecule has 2 nitrogen and oxygen atoms in total. The minimum atomic E-state index is -0.693. The lowest BCUT2D eigenvalue weighted by Crippen LogP contribution is -2.05. The molecule has 0 aromatic carbocycles. The van der Waals surface area contributed by atoms with E-state index < -0.39 is 5.82 Å². The molecule has 1 aromatic rings. The summed E-state index contributed by atoms with van der Waals surface area (Å²) >= 11 is 5.44. The first-order valence-corrected chi connectivity index (χ1v) is 4.42. The molecule has 0 bridgehead atoms. The fraction of sp³-hybridized carbons (Fsp3) is 0.333. The smallest absolute Gasteiger partial charge is 0.171 e. The quantitative estimate of drug-likeness (QED) is 0.541. The lowest BCUT2D eigenvalue weighted by molar-refractivity contribution is 0.0963. The molecule has 1 aliphatic carbocycles. The highest BCUT2D eigenvalue weighted by molar-refractivity contribution is 6.30. The normalized spacial score (nSPS) is 15.8. The fourth-order valence-corrected chi connectivity index (χ4v) is 1.33. The second kappa shape index (κ2) is 3.07. The highest BCUT2D eigenvalue weighted by atomic mass is 35.5. The number of hydrogen-bond donors (Lipinski definition) is 0. The number of hydrogen-bond acceptors (Lipinski definition) is 2. The Morgan fingerprint density at radius 3 is 2.92 bits per heavy atom. The Morgan fingerprint density at radius 1 is 1.62 bits per heavy atom. The number of carbonyl (C=O) groups excluding carboxylic acids is 1. The van der Waals surface area contributed by atoms with Crippen LogP contribution in [0.15, 0.2) is 12.3 Å². The zero-order chi connectivity index (χ0) is 9.42. The predicted molar refractivity (Wildman–Crippen MR) is 46.3 cm³/mol. The molecule has 2 rings (SSSR count). The van der Waals surface area contributed by atoms with E-state index in [0.717, 1.165) is 12.8 Å². The van der Waals surface area contributed by atoms with Crippen LogP contribution in [0.3, 0.4) is 0 Å². The summed E-state index contributed by atoms with van der Waals surface area (Å²) in [5, 5.41) is -0.230. The summed E-state index contributed by atoms with van der Waals surface area (Å²) in [4.78, 5) is 15.0. The van der Waals surface area contributed by atoms with E-state index in [0.29, 0.717) is 0 Å². The van der Waals surface area contributed by atoms with Gasteiger partial charge in [0.25, 0.3) is 0 Å². The van der Waals surface area contributed by atoms with Gasteiger partial charge in [0.15, 0.2) is 16.8 Å². The minimum absolute atomic E-state index is 0.00738. The van der Waals surface area contributed by atoms with Crippen LogP contribution in [-0.2, 0) is 0 Å². The van der Waals surface area contributed by atoms with Gasteiger partial charge in [-0.05, 0) is 18.9 Å². The van der Waals surface area contributed by atoms with Crippen LogP contribution >= 0.6 is 11.6 Å². The van der Waals surface area contributed by atoms with Crippen LogP contribution in [-0.4, -0.2) is 10.8 Å². The molecule has 1 heterocycles. The number of pyridine rings is 1. The van der Waals surface area contributed by atoms with Gasteiger partial charge in [-0.15, -0.1) is 0 Å². The van der Waals surface area contributed by atoms with Gasteiger partial charge in [0, 0.05) is 12.1 Å². The number of nitrogens with zero attached hydrogens (tertiary/aromatic N) is 1. The maximum atomic E-state index is 13.2. The van der Waals surface area contributed by atoms with Gasteiger partial charge in [0.05, 0.1) is 5.56 Å². The van der Waals surface area contributed by atoms with Crippen molar-refractivity contribution in [1.29, 1.82) is 0 Å². The van der Waals surface area contributed by atoms with E-state index in [1.165, 1.54) is 12.3 Å². The van der Waals surface area contributed by atoms with Gasteiger partial charge in [-0.25, -0.2) is 9.37 Å². The van der Waals surface area contributed by atoms with Crippen molar-refractivity contribution in [2.24, 2.45) is 5.92 Å². The van der Waals surface area contributed by atoms with Gasteiger partial charge in [-0.3, -0.25) is 4.79 Å². The Balaban J connectivity index is 2.38. The van der Waals surface area contributed by atoms with Crippen molar-refractivity contribution >= 4 is 17.4 Å². The first-order chi connectivity index (χ1) is 6.20. The first-order valence-electron chi connectivity index (χ1n) is 4.04. The Kier molecular flexibility index (Phi) is 2.04.